The molecule has 102 valence electrons. The third kappa shape index (κ3) is 11.8. The first-order valence-electron chi connectivity index (χ1n) is 5.43. The number of nitrogens with zero attached hydrogens (tertiary/aromatic N) is 2. The van der Waals surface area contributed by atoms with Gasteiger partial charge in [0.05, 0.1) is 0 Å². The van der Waals surface area contributed by atoms with Gasteiger partial charge in [-0.1, -0.05) is 19.3 Å². The van der Waals surface area contributed by atoms with Gasteiger partial charge < -0.3 is 0 Å². The molecule has 0 radical (unpaired) electrons. The van der Waals surface area contributed by atoms with E-state index in [4.69, 9.17) is 20.4 Å². The van der Waals surface area contributed by atoms with Crippen molar-refractivity contribution in [3.05, 3.63) is 0 Å². The van der Waals surface area contributed by atoms with Crippen LogP contribution in [-0.2, 0) is 19.2 Å². The van der Waals surface area contributed by atoms with Crippen LogP contribution in [0.3, 0.4) is 0 Å². The molecule has 0 aliphatic heterocycles. The highest BCUT2D eigenvalue weighted by atomic mass is 16.1. The summed E-state index contributed by atoms with van der Waals surface area (Å²) in [6, 6.07) is 0. The van der Waals surface area contributed by atoms with Gasteiger partial charge in [0, 0.05) is 5.92 Å². The molecule has 8 heteroatoms. The van der Waals surface area contributed by atoms with E-state index >= 15 is 0 Å². The molecule has 0 atom stereocenters. The summed E-state index contributed by atoms with van der Waals surface area (Å²) in [5, 5.41) is 10.8. The molecule has 0 aromatic carbocycles. The second-order valence-corrected chi connectivity index (χ2v) is 3.46. The van der Waals surface area contributed by atoms with Crippen LogP contribution in [0.1, 0.15) is 32.1 Å². The lowest BCUT2D eigenvalue weighted by Gasteiger charge is -2.22. The molecule has 2 N–H and O–H groups in total. The molecule has 1 fully saturated rings. The van der Waals surface area contributed by atoms with Crippen LogP contribution in [0.4, 0.5) is 0 Å². The monoisotopic (exact) mass is 266 g/mol. The van der Waals surface area contributed by atoms with Crippen molar-refractivity contribution in [1.82, 2.24) is 0 Å². The van der Waals surface area contributed by atoms with Crippen LogP contribution in [0.15, 0.2) is 9.98 Å². The molecule has 0 saturated heterocycles. The molecule has 0 unspecified atom stereocenters. The zero-order valence-electron chi connectivity index (χ0n) is 10.2. The van der Waals surface area contributed by atoms with Crippen molar-refractivity contribution >= 4 is 24.3 Å². The Morgan fingerprint density at radius 2 is 1.21 bits per heavy atom. The van der Waals surface area contributed by atoms with Crippen molar-refractivity contribution in [3.63, 3.8) is 0 Å². The van der Waals surface area contributed by atoms with Gasteiger partial charge in [0.25, 0.3) is 0 Å². The molecule has 0 aromatic heterocycles. The van der Waals surface area contributed by atoms with Crippen molar-refractivity contribution < 1.29 is 19.2 Å². The smallest absolute Gasteiger partial charge is 0.222 e. The molecular weight excluding hydrogens is 252 g/mol. The first-order chi connectivity index (χ1) is 9.21. The Kier molecular flexibility index (Phi) is 15.4. The highest BCUT2D eigenvalue weighted by Crippen LogP contribution is 2.28. The van der Waals surface area contributed by atoms with Crippen LogP contribution in [-0.4, -0.2) is 30.5 Å². The number of rotatable bonds is 3. The fourth-order valence-corrected chi connectivity index (χ4v) is 1.78. The molecule has 1 aliphatic rings. The summed E-state index contributed by atoms with van der Waals surface area (Å²) in [6.07, 6.45) is 9.33. The zero-order valence-corrected chi connectivity index (χ0v) is 10.2. The van der Waals surface area contributed by atoms with Crippen molar-refractivity contribution in [2.45, 2.75) is 38.3 Å². The molecule has 19 heavy (non-hydrogen) atoms. The molecule has 1 rings (SSSR count). The highest BCUT2D eigenvalue weighted by molar-refractivity contribution is 5.37. The van der Waals surface area contributed by atoms with Crippen LogP contribution in [0.25, 0.3) is 0 Å². The summed E-state index contributed by atoms with van der Waals surface area (Å²) in [6.45, 7) is 0. The number of hydrogen-bond acceptors (Lipinski definition) is 8. The van der Waals surface area contributed by atoms with Crippen LogP contribution >= 0.6 is 0 Å². The van der Waals surface area contributed by atoms with Gasteiger partial charge in [-0.25, -0.2) is 30.0 Å². The summed E-state index contributed by atoms with van der Waals surface area (Å²) < 4.78 is 0. The average Bonchev–Trinajstić information content (AvgIpc) is 2.41. The Bertz CT molecular complexity index is 363. The Labute approximate surface area is 109 Å². The Morgan fingerprint density at radius 1 is 0.842 bits per heavy atom. The number of hydrogen-bond donors (Lipinski definition) is 2. The summed E-state index contributed by atoms with van der Waals surface area (Å²) in [5.41, 5.74) is 0. The quantitative estimate of drug-likeness (QED) is 0.587. The third-order valence-electron chi connectivity index (χ3n) is 2.44. The molecule has 0 spiro atoms. The second-order valence-electron chi connectivity index (χ2n) is 3.46. The van der Waals surface area contributed by atoms with Gasteiger partial charge in [0.2, 0.25) is 24.3 Å². The number of nitrogens with one attached hydrogen (secondary N) is 2. The molecule has 0 bridgehead atoms. The van der Waals surface area contributed by atoms with Gasteiger partial charge in [0.15, 0.2) is 6.17 Å². The standard InChI is InChI=1S/C9H12N2O2.2CHNO/c12-6-10-9(11-7-13)8-4-2-1-3-5-8;2*2-1-3/h8-9H,1-5H2;2*2H. The Hall–Kier alpha value is -2.48. The van der Waals surface area contributed by atoms with E-state index in [1.54, 1.807) is 0 Å². The summed E-state index contributed by atoms with van der Waals surface area (Å²) >= 11 is 0. The zero-order chi connectivity index (χ0) is 14.9. The fourth-order valence-electron chi connectivity index (χ4n) is 1.78. The van der Waals surface area contributed by atoms with E-state index in [2.05, 4.69) is 9.98 Å². The van der Waals surface area contributed by atoms with Gasteiger partial charge in [-0.15, -0.1) is 0 Å². The minimum atomic E-state index is -0.532. The van der Waals surface area contributed by atoms with Crippen molar-refractivity contribution in [1.29, 1.82) is 10.8 Å². The minimum Gasteiger partial charge on any atom is -0.222 e. The van der Waals surface area contributed by atoms with Crippen LogP contribution in [0.2, 0.25) is 0 Å². The van der Waals surface area contributed by atoms with Crippen LogP contribution in [0.5, 0.6) is 0 Å². The number of carbonyl (C=O) groups excluding carboxylic acids is 4. The van der Waals surface area contributed by atoms with Gasteiger partial charge in [-0.05, 0) is 12.8 Å². The Balaban J connectivity index is 0. The first kappa shape index (κ1) is 18.9. The second kappa shape index (κ2) is 15.5. The Morgan fingerprint density at radius 3 is 1.53 bits per heavy atom. The summed E-state index contributed by atoms with van der Waals surface area (Å²) in [5.74, 6) is 0.233. The van der Waals surface area contributed by atoms with Gasteiger partial charge >= 0.3 is 0 Å². The molecule has 8 nitrogen and oxygen atoms in total. The third-order valence-corrected chi connectivity index (χ3v) is 2.44. The lowest BCUT2D eigenvalue weighted by atomic mass is 9.87. The van der Waals surface area contributed by atoms with E-state index in [1.807, 2.05) is 0 Å². The van der Waals surface area contributed by atoms with Gasteiger partial charge in [-0.3, -0.25) is 0 Å². The van der Waals surface area contributed by atoms with E-state index in [9.17, 15) is 9.59 Å². The SMILES string of the molecule is N=C=O.N=C=O.O=C=NC(N=C=O)C1CCCCC1. The normalized spacial score (nSPS) is 14.3. The van der Waals surface area contributed by atoms with Crippen LogP contribution in [0, 0.1) is 16.7 Å². The van der Waals surface area contributed by atoms with Crippen molar-refractivity contribution in [2.75, 3.05) is 0 Å². The minimum absolute atomic E-state index is 0.233. The van der Waals surface area contributed by atoms with E-state index in [0.717, 1.165) is 37.8 Å². The average molecular weight is 266 g/mol. The van der Waals surface area contributed by atoms with Gasteiger partial charge in [0.1, 0.15) is 0 Å². The van der Waals surface area contributed by atoms with E-state index in [-0.39, 0.29) is 5.92 Å². The van der Waals surface area contributed by atoms with Crippen molar-refractivity contribution in [2.24, 2.45) is 15.9 Å². The largest absolute Gasteiger partial charge is 0.237 e. The van der Waals surface area contributed by atoms with Crippen molar-refractivity contribution in [3.8, 4) is 0 Å². The lowest BCUT2D eigenvalue weighted by molar-refractivity contribution is 0.310. The predicted octanol–water partition coefficient (Wildman–Crippen LogP) is 1.37. The maximum atomic E-state index is 10.1. The molecule has 1 aliphatic carbocycles. The summed E-state index contributed by atoms with van der Waals surface area (Å²) in [4.78, 5) is 43.8. The lowest BCUT2D eigenvalue weighted by Crippen LogP contribution is -2.19. The summed E-state index contributed by atoms with van der Waals surface area (Å²) in [7, 11) is 0. The predicted molar refractivity (Wildman–Crippen MR) is 63.4 cm³/mol. The van der Waals surface area contributed by atoms with Crippen LogP contribution < -0.4 is 0 Å². The fraction of sp³-hybridized carbons (Fsp3) is 0.636. The van der Waals surface area contributed by atoms with E-state index < -0.39 is 6.17 Å². The topological polar surface area (TPSA) is 141 Å². The molecule has 1 saturated carbocycles. The number of isocyanates is 4. The molecule has 0 amide bonds. The molecular formula is C11H14N4O4. The maximum absolute atomic E-state index is 10.1. The number of aliphatic imine (C=N–C) groups is 2. The van der Waals surface area contributed by atoms with E-state index in [0.29, 0.717) is 0 Å². The molecule has 0 aromatic rings. The molecule has 0 heterocycles. The highest BCUT2D eigenvalue weighted by Gasteiger charge is 2.22. The maximum Gasteiger partial charge on any atom is 0.237 e. The van der Waals surface area contributed by atoms with E-state index in [1.165, 1.54) is 18.6 Å². The van der Waals surface area contributed by atoms with Gasteiger partial charge in [-0.2, -0.15) is 9.98 Å². The first-order valence-corrected chi connectivity index (χ1v) is 5.43.